The molecule has 2 aromatic rings. The van der Waals surface area contributed by atoms with Gasteiger partial charge in [-0.2, -0.15) is 0 Å². The molecule has 2 heteroatoms. The van der Waals surface area contributed by atoms with Crippen molar-refractivity contribution in [2.45, 2.75) is 20.3 Å². The quantitative estimate of drug-likeness (QED) is 0.684. The van der Waals surface area contributed by atoms with E-state index in [9.17, 15) is 0 Å². The zero-order chi connectivity index (χ0) is 9.26. The predicted octanol–water partition coefficient (Wildman–Crippen LogP) is 2.53. The van der Waals surface area contributed by atoms with Crippen LogP contribution in [0.5, 0.6) is 0 Å². The second kappa shape index (κ2) is 3.21. The molecular weight excluding hydrogens is 160 g/mol. The highest BCUT2D eigenvalue weighted by atomic mass is 15.0. The molecule has 0 aliphatic carbocycles. The molecule has 0 saturated carbocycles. The van der Waals surface area contributed by atoms with Crippen LogP contribution in [-0.4, -0.2) is 9.38 Å². The van der Waals surface area contributed by atoms with Gasteiger partial charge in [-0.1, -0.05) is 19.9 Å². The topological polar surface area (TPSA) is 17.3 Å². The fraction of sp³-hybridized carbons (Fsp3) is 0.364. The van der Waals surface area contributed by atoms with Gasteiger partial charge in [-0.05, 0) is 24.0 Å². The van der Waals surface area contributed by atoms with Crippen molar-refractivity contribution in [3.8, 4) is 0 Å². The molecule has 0 aliphatic heterocycles. The molecule has 2 aromatic heterocycles. The van der Waals surface area contributed by atoms with E-state index in [1.54, 1.807) is 0 Å². The van der Waals surface area contributed by atoms with Crippen molar-refractivity contribution in [3.63, 3.8) is 0 Å². The van der Waals surface area contributed by atoms with Crippen LogP contribution >= 0.6 is 0 Å². The maximum absolute atomic E-state index is 4.13. The smallest absolute Gasteiger partial charge is 0.0992 e. The first-order chi connectivity index (χ1) is 6.27. The summed E-state index contributed by atoms with van der Waals surface area (Å²) >= 11 is 0. The van der Waals surface area contributed by atoms with E-state index in [-0.39, 0.29) is 0 Å². The Labute approximate surface area is 78.2 Å². The van der Waals surface area contributed by atoms with Crippen molar-refractivity contribution in [3.05, 3.63) is 36.4 Å². The molecule has 0 unspecified atom stereocenters. The molecule has 0 fully saturated rings. The van der Waals surface area contributed by atoms with Crippen LogP contribution in [0.15, 0.2) is 30.9 Å². The second-order valence-corrected chi connectivity index (χ2v) is 3.82. The van der Waals surface area contributed by atoms with Crippen molar-refractivity contribution in [1.82, 2.24) is 9.38 Å². The minimum Gasteiger partial charge on any atom is -0.306 e. The molecule has 68 valence electrons. The Morgan fingerprint density at radius 3 is 3.08 bits per heavy atom. The summed E-state index contributed by atoms with van der Waals surface area (Å²) in [5.74, 6) is 0.695. The van der Waals surface area contributed by atoms with Crippen molar-refractivity contribution >= 4 is 5.52 Å². The highest BCUT2D eigenvalue weighted by Crippen LogP contribution is 2.14. The molecule has 0 aromatic carbocycles. The molecule has 0 saturated heterocycles. The summed E-state index contributed by atoms with van der Waals surface area (Å²) < 4.78 is 2.07. The number of pyridine rings is 1. The zero-order valence-electron chi connectivity index (χ0n) is 8.07. The molecule has 2 nitrogen and oxygen atoms in total. The molecule has 0 atom stereocenters. The number of hydrogen-bond donors (Lipinski definition) is 0. The Hall–Kier alpha value is -1.31. The number of hydrogen-bond acceptors (Lipinski definition) is 1. The van der Waals surface area contributed by atoms with Crippen molar-refractivity contribution in [2.75, 3.05) is 0 Å². The second-order valence-electron chi connectivity index (χ2n) is 3.82. The Morgan fingerprint density at radius 1 is 1.46 bits per heavy atom. The molecule has 13 heavy (non-hydrogen) atoms. The van der Waals surface area contributed by atoms with Crippen molar-refractivity contribution in [1.29, 1.82) is 0 Å². The van der Waals surface area contributed by atoms with Crippen molar-refractivity contribution in [2.24, 2.45) is 5.92 Å². The molecule has 2 heterocycles. The fourth-order valence-electron chi connectivity index (χ4n) is 1.62. The van der Waals surface area contributed by atoms with Gasteiger partial charge in [0.2, 0.25) is 0 Å². The van der Waals surface area contributed by atoms with Gasteiger partial charge >= 0.3 is 0 Å². The standard InChI is InChI=1S/C11H14N2/c1-9(2)6-10-4-3-5-13-8-12-7-11(10)13/h3-5,7-9H,6H2,1-2H3. The lowest BCUT2D eigenvalue weighted by molar-refractivity contribution is 0.648. The number of nitrogens with zero attached hydrogens (tertiary/aromatic N) is 2. The van der Waals surface area contributed by atoms with Gasteiger partial charge in [0.1, 0.15) is 0 Å². The number of aromatic nitrogens is 2. The third kappa shape index (κ3) is 1.57. The highest BCUT2D eigenvalue weighted by Gasteiger charge is 2.02. The number of fused-ring (bicyclic) bond motifs is 1. The van der Waals surface area contributed by atoms with Crippen LogP contribution in [0.4, 0.5) is 0 Å². The fourth-order valence-corrected chi connectivity index (χ4v) is 1.62. The Balaban J connectivity index is 2.48. The lowest BCUT2D eigenvalue weighted by atomic mass is 10.0. The van der Waals surface area contributed by atoms with E-state index >= 15 is 0 Å². The monoisotopic (exact) mass is 174 g/mol. The third-order valence-corrected chi connectivity index (χ3v) is 2.17. The predicted molar refractivity (Wildman–Crippen MR) is 53.7 cm³/mol. The van der Waals surface area contributed by atoms with Gasteiger partial charge in [0.15, 0.2) is 0 Å². The van der Waals surface area contributed by atoms with Gasteiger partial charge in [0.05, 0.1) is 18.0 Å². The van der Waals surface area contributed by atoms with Gasteiger partial charge in [-0.15, -0.1) is 0 Å². The van der Waals surface area contributed by atoms with Crippen LogP contribution in [0.25, 0.3) is 5.52 Å². The molecule has 0 amide bonds. The Morgan fingerprint density at radius 2 is 2.31 bits per heavy atom. The van der Waals surface area contributed by atoms with Gasteiger partial charge in [-0.3, -0.25) is 0 Å². The van der Waals surface area contributed by atoms with Crippen LogP contribution in [0.2, 0.25) is 0 Å². The van der Waals surface area contributed by atoms with E-state index in [1.165, 1.54) is 11.1 Å². The average molecular weight is 174 g/mol. The van der Waals surface area contributed by atoms with Gasteiger partial charge < -0.3 is 4.40 Å². The zero-order valence-corrected chi connectivity index (χ0v) is 8.07. The minimum absolute atomic E-state index is 0.695. The molecule has 0 aliphatic rings. The molecule has 0 N–H and O–H groups in total. The van der Waals surface area contributed by atoms with Gasteiger partial charge in [-0.25, -0.2) is 4.98 Å². The number of imidazole rings is 1. The Kier molecular flexibility index (Phi) is 2.05. The molecule has 0 spiro atoms. The summed E-state index contributed by atoms with van der Waals surface area (Å²) in [6.45, 7) is 4.47. The SMILES string of the molecule is CC(C)Cc1cccn2cncc12. The largest absolute Gasteiger partial charge is 0.306 e. The summed E-state index contributed by atoms with van der Waals surface area (Å²) in [6, 6.07) is 4.25. The van der Waals surface area contributed by atoms with Crippen molar-refractivity contribution < 1.29 is 0 Å². The van der Waals surface area contributed by atoms with E-state index < -0.39 is 0 Å². The van der Waals surface area contributed by atoms with Gasteiger partial charge in [0, 0.05) is 6.20 Å². The molecular formula is C11H14N2. The van der Waals surface area contributed by atoms with E-state index in [4.69, 9.17) is 0 Å². The number of rotatable bonds is 2. The van der Waals surface area contributed by atoms with E-state index in [0.29, 0.717) is 5.92 Å². The summed E-state index contributed by atoms with van der Waals surface area (Å²) in [7, 11) is 0. The lowest BCUT2D eigenvalue weighted by Gasteiger charge is -2.06. The summed E-state index contributed by atoms with van der Waals surface area (Å²) in [4.78, 5) is 4.13. The maximum Gasteiger partial charge on any atom is 0.0992 e. The maximum atomic E-state index is 4.13. The first-order valence-electron chi connectivity index (χ1n) is 4.67. The third-order valence-electron chi connectivity index (χ3n) is 2.17. The summed E-state index contributed by atoms with van der Waals surface area (Å²) in [6.07, 6.45) is 6.93. The van der Waals surface area contributed by atoms with E-state index in [0.717, 1.165) is 6.42 Å². The van der Waals surface area contributed by atoms with Gasteiger partial charge in [0.25, 0.3) is 0 Å². The summed E-state index contributed by atoms with van der Waals surface area (Å²) in [5, 5.41) is 0. The molecule has 0 bridgehead atoms. The molecule has 2 rings (SSSR count). The first-order valence-corrected chi connectivity index (χ1v) is 4.67. The normalized spacial score (nSPS) is 11.3. The van der Waals surface area contributed by atoms with Crippen LogP contribution in [0, 0.1) is 5.92 Å². The van der Waals surface area contributed by atoms with Crippen LogP contribution in [0.1, 0.15) is 19.4 Å². The summed E-state index contributed by atoms with van der Waals surface area (Å²) in [5.41, 5.74) is 2.62. The molecule has 0 radical (unpaired) electrons. The highest BCUT2D eigenvalue weighted by molar-refractivity contribution is 5.52. The average Bonchev–Trinajstić information content (AvgIpc) is 2.51. The van der Waals surface area contributed by atoms with Crippen LogP contribution in [-0.2, 0) is 6.42 Å². The lowest BCUT2D eigenvalue weighted by Crippen LogP contribution is -1.96. The first kappa shape index (κ1) is 8.30. The Bertz CT molecular complexity index is 401. The van der Waals surface area contributed by atoms with Crippen LogP contribution in [0.3, 0.4) is 0 Å². The minimum atomic E-state index is 0.695. The van der Waals surface area contributed by atoms with E-state index in [2.05, 4.69) is 35.4 Å². The van der Waals surface area contributed by atoms with Crippen LogP contribution < -0.4 is 0 Å². The van der Waals surface area contributed by atoms with E-state index in [1.807, 2.05) is 18.7 Å².